The van der Waals surface area contributed by atoms with Crippen LogP contribution in [0.5, 0.6) is 0 Å². The number of hydrogen-bond donors (Lipinski definition) is 3. The Bertz CT molecular complexity index is 654. The molecule has 6 nitrogen and oxygen atoms in total. The van der Waals surface area contributed by atoms with Crippen LogP contribution >= 0.6 is 0 Å². The van der Waals surface area contributed by atoms with Gasteiger partial charge < -0.3 is 20.8 Å². The molecule has 0 saturated heterocycles. The first kappa shape index (κ1) is 30.9. The highest BCUT2D eigenvalue weighted by Crippen LogP contribution is 2.48. The number of nitrogens with zero attached hydrogens (tertiary/aromatic N) is 1. The number of nitrogens with two attached hydrogens (primary N) is 1. The second-order valence-corrected chi connectivity index (χ2v) is 12.9. The molecule has 0 spiro atoms. The molecular formula is C28H54N2O4. The van der Waals surface area contributed by atoms with Gasteiger partial charge in [-0.1, -0.05) is 88.5 Å². The molecule has 0 aromatic heterocycles. The van der Waals surface area contributed by atoms with Gasteiger partial charge in [0.25, 0.3) is 0 Å². The first-order valence-electron chi connectivity index (χ1n) is 13.5. The molecule has 2 unspecified atom stereocenters. The van der Waals surface area contributed by atoms with Gasteiger partial charge in [0.1, 0.15) is 5.41 Å². The van der Waals surface area contributed by atoms with Gasteiger partial charge >= 0.3 is 0 Å². The van der Waals surface area contributed by atoms with Crippen LogP contribution in [0.1, 0.15) is 127 Å². The van der Waals surface area contributed by atoms with Crippen LogP contribution in [0.4, 0.5) is 0 Å². The summed E-state index contributed by atoms with van der Waals surface area (Å²) < 4.78 is 0. The zero-order valence-corrected chi connectivity index (χ0v) is 23.8. The Kier molecular flexibility index (Phi) is 9.87. The summed E-state index contributed by atoms with van der Waals surface area (Å²) in [6.07, 6.45) is 5.13. The molecule has 1 saturated carbocycles. The summed E-state index contributed by atoms with van der Waals surface area (Å²) >= 11 is 0. The topological polar surface area (TPSA) is 104 Å². The van der Waals surface area contributed by atoms with Crippen molar-refractivity contribution in [1.82, 2.24) is 4.90 Å². The van der Waals surface area contributed by atoms with Gasteiger partial charge in [-0.15, -0.1) is 0 Å². The summed E-state index contributed by atoms with van der Waals surface area (Å²) in [5, 5.41) is 24.0. The van der Waals surface area contributed by atoms with E-state index in [0.717, 1.165) is 19.3 Å². The van der Waals surface area contributed by atoms with E-state index in [-0.39, 0.29) is 5.91 Å². The molecule has 0 bridgehead atoms. The molecule has 1 rings (SSSR count). The fraction of sp³-hybridized carbons (Fsp3) is 0.929. The van der Waals surface area contributed by atoms with Gasteiger partial charge in [-0.2, -0.15) is 0 Å². The average molecular weight is 483 g/mol. The summed E-state index contributed by atoms with van der Waals surface area (Å²) in [5.74, 6) is -0.907. The lowest BCUT2D eigenvalue weighted by atomic mass is 9.64. The van der Waals surface area contributed by atoms with Crippen molar-refractivity contribution in [2.75, 3.05) is 0 Å². The molecule has 2 amide bonds. The molecule has 1 aliphatic rings. The lowest BCUT2D eigenvalue weighted by Gasteiger charge is -2.59. The highest BCUT2D eigenvalue weighted by molar-refractivity contribution is 6.04. The molecule has 2 atom stereocenters. The second-order valence-electron chi connectivity index (χ2n) is 12.9. The number of hydrogen-bond acceptors (Lipinski definition) is 4. The SMILES string of the molecule is CCC(O)(CC)C(N(C(=O)C1(C(N)=O)CCCCC1)C(C(C)(C)C)C(O)(CC)CC)C(C)(C)C. The van der Waals surface area contributed by atoms with E-state index >= 15 is 0 Å². The molecular weight excluding hydrogens is 428 g/mol. The van der Waals surface area contributed by atoms with E-state index < -0.39 is 45.4 Å². The average Bonchev–Trinajstić information content (AvgIpc) is 2.76. The van der Waals surface area contributed by atoms with E-state index in [9.17, 15) is 19.8 Å². The molecule has 6 heteroatoms. The molecule has 0 radical (unpaired) electrons. The molecule has 1 aliphatic carbocycles. The fourth-order valence-corrected chi connectivity index (χ4v) is 6.59. The van der Waals surface area contributed by atoms with Crippen molar-refractivity contribution in [3.8, 4) is 0 Å². The molecule has 0 aromatic carbocycles. The molecule has 0 heterocycles. The lowest BCUT2D eigenvalue weighted by Crippen LogP contribution is -2.72. The van der Waals surface area contributed by atoms with Gasteiger partial charge in [-0.3, -0.25) is 9.59 Å². The van der Waals surface area contributed by atoms with Crippen LogP contribution in [-0.4, -0.2) is 50.2 Å². The Morgan fingerprint density at radius 3 is 1.32 bits per heavy atom. The van der Waals surface area contributed by atoms with Crippen LogP contribution < -0.4 is 5.73 Å². The van der Waals surface area contributed by atoms with Gasteiger partial charge in [0.05, 0.1) is 23.3 Å². The maximum Gasteiger partial charge on any atom is 0.238 e. The van der Waals surface area contributed by atoms with E-state index in [1.54, 1.807) is 4.90 Å². The first-order chi connectivity index (χ1) is 15.4. The number of carbonyl (C=O) groups excluding carboxylic acids is 2. The molecule has 34 heavy (non-hydrogen) atoms. The van der Waals surface area contributed by atoms with Crippen LogP contribution in [0.25, 0.3) is 0 Å². The normalized spacial score (nSPS) is 19.4. The first-order valence-corrected chi connectivity index (χ1v) is 13.5. The van der Waals surface area contributed by atoms with Crippen LogP contribution in [0.3, 0.4) is 0 Å². The Hall–Kier alpha value is -1.14. The number of aliphatic hydroxyl groups is 2. The van der Waals surface area contributed by atoms with Crippen LogP contribution in [0.2, 0.25) is 0 Å². The highest BCUT2D eigenvalue weighted by atomic mass is 16.3. The third kappa shape index (κ3) is 5.80. The molecule has 4 N–H and O–H groups in total. The van der Waals surface area contributed by atoms with E-state index in [1.807, 2.05) is 69.2 Å². The van der Waals surface area contributed by atoms with Crippen molar-refractivity contribution in [3.63, 3.8) is 0 Å². The van der Waals surface area contributed by atoms with E-state index in [2.05, 4.69) is 0 Å². The summed E-state index contributed by atoms with van der Waals surface area (Å²) in [6, 6.07) is -1.23. The third-order valence-electron chi connectivity index (χ3n) is 8.49. The lowest BCUT2D eigenvalue weighted by molar-refractivity contribution is -0.194. The predicted octanol–water partition coefficient (Wildman–Crippen LogP) is 5.18. The van der Waals surface area contributed by atoms with Crippen molar-refractivity contribution in [1.29, 1.82) is 0 Å². The third-order valence-corrected chi connectivity index (χ3v) is 8.49. The maximum atomic E-state index is 14.8. The largest absolute Gasteiger partial charge is 0.388 e. The van der Waals surface area contributed by atoms with Gasteiger partial charge in [0, 0.05) is 0 Å². The Labute approximate surface area is 209 Å². The predicted molar refractivity (Wildman–Crippen MR) is 139 cm³/mol. The quantitative estimate of drug-likeness (QED) is 0.373. The molecule has 200 valence electrons. The zero-order valence-electron chi connectivity index (χ0n) is 23.8. The van der Waals surface area contributed by atoms with E-state index in [4.69, 9.17) is 5.73 Å². The van der Waals surface area contributed by atoms with Gasteiger partial charge in [0.15, 0.2) is 0 Å². The Morgan fingerprint density at radius 1 is 0.765 bits per heavy atom. The Balaban J connectivity index is 4.10. The molecule has 1 fully saturated rings. The minimum absolute atomic E-state index is 0.319. The minimum Gasteiger partial charge on any atom is -0.388 e. The van der Waals surface area contributed by atoms with E-state index in [1.165, 1.54) is 0 Å². The maximum absolute atomic E-state index is 14.8. The number of rotatable bonds is 10. The second kappa shape index (κ2) is 10.9. The number of carbonyl (C=O) groups is 2. The Morgan fingerprint density at radius 2 is 1.09 bits per heavy atom. The zero-order chi connectivity index (χ0) is 26.8. The van der Waals surface area contributed by atoms with Crippen LogP contribution in [0, 0.1) is 16.2 Å². The molecule has 0 aromatic rings. The van der Waals surface area contributed by atoms with Crippen molar-refractivity contribution in [2.24, 2.45) is 22.0 Å². The monoisotopic (exact) mass is 482 g/mol. The van der Waals surface area contributed by atoms with Crippen LogP contribution in [-0.2, 0) is 9.59 Å². The fourth-order valence-electron chi connectivity index (χ4n) is 6.59. The summed E-state index contributed by atoms with van der Waals surface area (Å²) in [4.78, 5) is 29.6. The van der Waals surface area contributed by atoms with Crippen molar-refractivity contribution >= 4 is 11.8 Å². The smallest absolute Gasteiger partial charge is 0.238 e. The van der Waals surface area contributed by atoms with E-state index in [0.29, 0.717) is 38.5 Å². The number of amides is 2. The van der Waals surface area contributed by atoms with Crippen molar-refractivity contribution < 1.29 is 19.8 Å². The van der Waals surface area contributed by atoms with Gasteiger partial charge in [-0.05, 0) is 49.4 Å². The van der Waals surface area contributed by atoms with Crippen LogP contribution in [0.15, 0.2) is 0 Å². The van der Waals surface area contributed by atoms with Crippen molar-refractivity contribution in [3.05, 3.63) is 0 Å². The van der Waals surface area contributed by atoms with Gasteiger partial charge in [0.2, 0.25) is 11.8 Å². The van der Waals surface area contributed by atoms with Gasteiger partial charge in [-0.25, -0.2) is 0 Å². The molecule has 0 aliphatic heterocycles. The standard InChI is InChI=1S/C28H54N2O4/c1-11-27(33,12-2)20(24(5,6)7)30(21(25(8,9)10)28(34,13-3)14-4)23(32)26(22(29)31)18-16-15-17-19-26/h20-21,33-34H,11-19H2,1-10H3,(H2,29,31). The number of primary amides is 1. The summed E-state index contributed by atoms with van der Waals surface area (Å²) in [6.45, 7) is 19.9. The summed E-state index contributed by atoms with van der Waals surface area (Å²) in [7, 11) is 0. The summed E-state index contributed by atoms with van der Waals surface area (Å²) in [5.41, 5.74) is 1.28. The highest BCUT2D eigenvalue weighted by Gasteiger charge is 2.59. The van der Waals surface area contributed by atoms with Crippen molar-refractivity contribution in [2.45, 2.75) is 150 Å². The minimum atomic E-state index is -1.31.